The van der Waals surface area contributed by atoms with E-state index < -0.39 is 47.9 Å². The Labute approximate surface area is 176 Å². The number of amides is 3. The van der Waals surface area contributed by atoms with Crippen molar-refractivity contribution in [2.24, 2.45) is 11.7 Å². The first kappa shape index (κ1) is 24.6. The minimum absolute atomic E-state index is 0.00691. The number of rotatable bonds is 10. The van der Waals surface area contributed by atoms with Crippen molar-refractivity contribution in [3.05, 3.63) is 0 Å². The molecule has 5 unspecified atom stereocenters. The van der Waals surface area contributed by atoms with Crippen LogP contribution in [0.25, 0.3) is 0 Å². The van der Waals surface area contributed by atoms with Crippen molar-refractivity contribution in [1.29, 1.82) is 0 Å². The van der Waals surface area contributed by atoms with E-state index >= 15 is 0 Å². The molecule has 0 aromatic carbocycles. The van der Waals surface area contributed by atoms with Crippen molar-refractivity contribution in [3.63, 3.8) is 0 Å². The van der Waals surface area contributed by atoms with Gasteiger partial charge in [0.1, 0.15) is 18.1 Å². The van der Waals surface area contributed by atoms with Crippen LogP contribution in [0.1, 0.15) is 33.1 Å². The van der Waals surface area contributed by atoms with Gasteiger partial charge in [-0.05, 0) is 18.8 Å². The molecule has 0 bridgehead atoms. The highest BCUT2D eigenvalue weighted by Crippen LogP contribution is 2.19. The lowest BCUT2D eigenvalue weighted by Crippen LogP contribution is -2.58. The minimum atomic E-state index is -1.07. The third-order valence-corrected chi connectivity index (χ3v) is 5.72. The first-order valence-electron chi connectivity index (χ1n) is 9.29. The fourth-order valence-corrected chi connectivity index (χ4v) is 3.42. The normalized spacial score (nSPS) is 20.8. The Kier molecular flexibility index (Phi) is 10.1. The van der Waals surface area contributed by atoms with Crippen molar-refractivity contribution >= 4 is 48.9 Å². The number of likely N-dealkylation sites (tertiary alicyclic amines) is 1. The Bertz CT molecular complexity index is 592. The predicted octanol–water partition coefficient (Wildman–Crippen LogP) is -0.735. The number of nitrogens with two attached hydrogens (primary N) is 1. The van der Waals surface area contributed by atoms with Crippen LogP contribution in [0.5, 0.6) is 0 Å². The van der Waals surface area contributed by atoms with Crippen molar-refractivity contribution in [1.82, 2.24) is 15.5 Å². The SMILES string of the molecule is CCC(C)C(N)C(=O)NC(CS)C(=O)NC(CS)C(=O)N1CCCC1C(=O)O. The number of thiol groups is 2. The molecule has 160 valence electrons. The number of nitrogens with one attached hydrogen (secondary N) is 2. The summed E-state index contributed by atoms with van der Waals surface area (Å²) in [6.07, 6.45) is 1.67. The zero-order valence-electron chi connectivity index (χ0n) is 16.1. The second-order valence-corrected chi connectivity index (χ2v) is 7.66. The third-order valence-electron chi connectivity index (χ3n) is 4.99. The third kappa shape index (κ3) is 6.28. The molecule has 0 aliphatic carbocycles. The smallest absolute Gasteiger partial charge is 0.326 e. The molecule has 0 radical (unpaired) electrons. The minimum Gasteiger partial charge on any atom is -0.480 e. The van der Waals surface area contributed by atoms with E-state index in [-0.39, 0.29) is 17.4 Å². The Morgan fingerprint density at radius 1 is 1.14 bits per heavy atom. The fourth-order valence-electron chi connectivity index (χ4n) is 2.92. The number of carbonyl (C=O) groups excluding carboxylic acids is 3. The first-order valence-corrected chi connectivity index (χ1v) is 10.6. The summed E-state index contributed by atoms with van der Waals surface area (Å²) in [7, 11) is 0. The molecule has 1 aliphatic rings. The number of hydrogen-bond acceptors (Lipinski definition) is 7. The molecule has 1 fully saturated rings. The lowest BCUT2D eigenvalue weighted by molar-refractivity contribution is -0.149. The van der Waals surface area contributed by atoms with Crippen molar-refractivity contribution < 1.29 is 24.3 Å². The van der Waals surface area contributed by atoms with Crippen molar-refractivity contribution in [2.45, 2.75) is 57.3 Å². The van der Waals surface area contributed by atoms with Crippen LogP contribution in [-0.4, -0.2) is 75.9 Å². The van der Waals surface area contributed by atoms with E-state index in [0.29, 0.717) is 25.8 Å². The van der Waals surface area contributed by atoms with Crippen LogP contribution in [0.2, 0.25) is 0 Å². The molecule has 5 atom stereocenters. The summed E-state index contributed by atoms with van der Waals surface area (Å²) in [6.45, 7) is 4.06. The van der Waals surface area contributed by atoms with Gasteiger partial charge in [0, 0.05) is 18.1 Å². The molecular weight excluding hydrogens is 404 g/mol. The van der Waals surface area contributed by atoms with Gasteiger partial charge in [-0.2, -0.15) is 25.3 Å². The van der Waals surface area contributed by atoms with Crippen LogP contribution in [0, 0.1) is 5.92 Å². The highest BCUT2D eigenvalue weighted by atomic mass is 32.1. The van der Waals surface area contributed by atoms with Crippen LogP contribution in [0.15, 0.2) is 0 Å². The summed E-state index contributed by atoms with van der Waals surface area (Å²) in [5, 5.41) is 14.3. The van der Waals surface area contributed by atoms with Gasteiger partial charge >= 0.3 is 5.97 Å². The van der Waals surface area contributed by atoms with Gasteiger partial charge in [0.15, 0.2) is 0 Å². The lowest BCUT2D eigenvalue weighted by atomic mass is 9.99. The van der Waals surface area contributed by atoms with Crippen LogP contribution in [0.3, 0.4) is 0 Å². The van der Waals surface area contributed by atoms with E-state index in [1.165, 1.54) is 4.90 Å². The number of hydrogen-bond donors (Lipinski definition) is 6. The van der Waals surface area contributed by atoms with E-state index in [0.717, 1.165) is 0 Å². The van der Waals surface area contributed by atoms with Crippen LogP contribution < -0.4 is 16.4 Å². The maximum absolute atomic E-state index is 12.7. The summed E-state index contributed by atoms with van der Waals surface area (Å²) in [5.74, 6) is -2.70. The monoisotopic (exact) mass is 434 g/mol. The lowest BCUT2D eigenvalue weighted by Gasteiger charge is -2.28. The maximum atomic E-state index is 12.7. The molecule has 3 amide bonds. The Balaban J connectivity index is 2.76. The molecule has 0 aromatic heterocycles. The number of carboxylic acid groups (broad SMARTS) is 1. The number of aliphatic carboxylic acids is 1. The van der Waals surface area contributed by atoms with E-state index in [1.54, 1.807) is 0 Å². The number of nitrogens with zero attached hydrogens (tertiary/aromatic N) is 1. The van der Waals surface area contributed by atoms with E-state index in [1.807, 2.05) is 13.8 Å². The van der Waals surface area contributed by atoms with E-state index in [4.69, 9.17) is 5.73 Å². The molecule has 1 heterocycles. The summed E-state index contributed by atoms with van der Waals surface area (Å²) >= 11 is 8.20. The second kappa shape index (κ2) is 11.5. The Morgan fingerprint density at radius 2 is 1.71 bits per heavy atom. The second-order valence-electron chi connectivity index (χ2n) is 6.93. The van der Waals surface area contributed by atoms with Crippen molar-refractivity contribution in [2.75, 3.05) is 18.1 Å². The Hall–Kier alpha value is -1.46. The van der Waals surface area contributed by atoms with Gasteiger partial charge in [-0.1, -0.05) is 20.3 Å². The molecule has 0 saturated carbocycles. The topological polar surface area (TPSA) is 142 Å². The van der Waals surface area contributed by atoms with Crippen LogP contribution >= 0.6 is 25.3 Å². The highest BCUT2D eigenvalue weighted by molar-refractivity contribution is 7.80. The highest BCUT2D eigenvalue weighted by Gasteiger charge is 2.38. The summed E-state index contributed by atoms with van der Waals surface area (Å²) in [4.78, 5) is 50.0. The van der Waals surface area contributed by atoms with E-state index in [9.17, 15) is 24.3 Å². The number of carboxylic acids is 1. The molecule has 1 aliphatic heterocycles. The van der Waals surface area contributed by atoms with Gasteiger partial charge in [-0.15, -0.1) is 0 Å². The van der Waals surface area contributed by atoms with Gasteiger partial charge < -0.3 is 26.4 Å². The van der Waals surface area contributed by atoms with Gasteiger partial charge in [-0.3, -0.25) is 14.4 Å². The van der Waals surface area contributed by atoms with Gasteiger partial charge in [0.05, 0.1) is 6.04 Å². The first-order chi connectivity index (χ1) is 13.2. The molecular formula is C17H30N4O5S2. The molecule has 1 saturated heterocycles. The molecule has 0 aromatic rings. The van der Waals surface area contributed by atoms with E-state index in [2.05, 4.69) is 35.9 Å². The van der Waals surface area contributed by atoms with Gasteiger partial charge in [0.2, 0.25) is 17.7 Å². The summed E-state index contributed by atoms with van der Waals surface area (Å²) in [5.41, 5.74) is 5.88. The summed E-state index contributed by atoms with van der Waals surface area (Å²) in [6, 6.07) is -3.64. The molecule has 9 nitrogen and oxygen atoms in total. The molecule has 5 N–H and O–H groups in total. The zero-order valence-corrected chi connectivity index (χ0v) is 17.9. The Morgan fingerprint density at radius 3 is 2.21 bits per heavy atom. The fraction of sp³-hybridized carbons (Fsp3) is 0.765. The summed E-state index contributed by atoms with van der Waals surface area (Å²) < 4.78 is 0. The van der Waals surface area contributed by atoms with Gasteiger partial charge in [0.25, 0.3) is 0 Å². The predicted molar refractivity (Wildman–Crippen MR) is 111 cm³/mol. The molecule has 1 rings (SSSR count). The molecule has 11 heteroatoms. The number of carbonyl (C=O) groups is 4. The molecule has 28 heavy (non-hydrogen) atoms. The van der Waals surface area contributed by atoms with Crippen LogP contribution in [-0.2, 0) is 19.2 Å². The largest absolute Gasteiger partial charge is 0.480 e. The molecule has 0 spiro atoms. The average Bonchev–Trinajstić information content (AvgIpc) is 3.18. The van der Waals surface area contributed by atoms with Crippen molar-refractivity contribution in [3.8, 4) is 0 Å². The quantitative estimate of drug-likeness (QED) is 0.250. The maximum Gasteiger partial charge on any atom is 0.326 e. The zero-order chi connectivity index (χ0) is 21.4. The standard InChI is InChI=1S/C17H30N4O5S2/c1-3-9(2)13(18)15(23)19-10(7-27)14(22)20-11(8-28)16(24)21-6-4-5-12(21)17(25)26/h9-13,27-28H,3-8,18H2,1-2H3,(H,19,23)(H,20,22)(H,25,26). The van der Waals surface area contributed by atoms with Gasteiger partial charge in [-0.25, -0.2) is 4.79 Å². The average molecular weight is 435 g/mol. The van der Waals surface area contributed by atoms with Crippen LogP contribution in [0.4, 0.5) is 0 Å².